The van der Waals surface area contributed by atoms with Crippen LogP contribution in [0, 0.1) is 0 Å². The molecule has 0 saturated carbocycles. The lowest BCUT2D eigenvalue weighted by molar-refractivity contribution is -0.117. The highest BCUT2D eigenvalue weighted by Crippen LogP contribution is 2.28. The number of anilines is 1. The number of nitrogens with zero attached hydrogens (tertiary/aromatic N) is 3. The van der Waals surface area contributed by atoms with Gasteiger partial charge in [0.25, 0.3) is 0 Å². The van der Waals surface area contributed by atoms with Crippen molar-refractivity contribution in [1.29, 1.82) is 0 Å². The predicted molar refractivity (Wildman–Crippen MR) is 117 cm³/mol. The van der Waals surface area contributed by atoms with E-state index in [0.717, 1.165) is 19.5 Å². The fraction of sp³-hybridized carbons (Fsp3) is 0.300. The van der Waals surface area contributed by atoms with Gasteiger partial charge in [-0.05, 0) is 44.3 Å². The predicted octanol–water partition coefficient (Wildman–Crippen LogP) is 3.18. The molecule has 1 aromatic heterocycles. The van der Waals surface area contributed by atoms with Gasteiger partial charge in [-0.3, -0.25) is 9.69 Å². The van der Waals surface area contributed by atoms with Crippen molar-refractivity contribution >= 4 is 43.2 Å². The molecule has 0 unspecified atom stereocenters. The number of carbonyl (C=O) groups excluding carboxylic acids is 1. The SMILES string of the molecule is C[C@H](c1nc2ccccc2s1)N(C)CC(=O)Nc1cccc(S(=O)(=O)N(C)C)c1. The fourth-order valence-corrected chi connectivity index (χ4v) is 4.80. The molecule has 0 saturated heterocycles. The number of carbonyl (C=O) groups is 1. The van der Waals surface area contributed by atoms with Gasteiger partial charge in [0, 0.05) is 19.8 Å². The maximum Gasteiger partial charge on any atom is 0.242 e. The number of aromatic nitrogens is 1. The van der Waals surface area contributed by atoms with Crippen molar-refractivity contribution < 1.29 is 13.2 Å². The number of sulfonamides is 1. The van der Waals surface area contributed by atoms with E-state index < -0.39 is 10.0 Å². The van der Waals surface area contributed by atoms with Gasteiger partial charge in [0.05, 0.1) is 27.7 Å². The fourth-order valence-electron chi connectivity index (χ4n) is 2.77. The Hall–Kier alpha value is -2.33. The molecule has 0 aliphatic rings. The molecule has 1 atom stereocenters. The minimum atomic E-state index is -3.56. The Morgan fingerprint density at radius 3 is 2.55 bits per heavy atom. The van der Waals surface area contributed by atoms with Gasteiger partial charge in [-0.15, -0.1) is 11.3 Å². The number of para-hydroxylation sites is 1. The average molecular weight is 433 g/mol. The summed E-state index contributed by atoms with van der Waals surface area (Å²) < 4.78 is 26.8. The quantitative estimate of drug-likeness (QED) is 0.620. The minimum absolute atomic E-state index is 0.0291. The van der Waals surface area contributed by atoms with Gasteiger partial charge in [-0.1, -0.05) is 18.2 Å². The molecule has 7 nitrogen and oxygen atoms in total. The number of likely N-dealkylation sites (N-methyl/N-ethyl adjacent to an activating group) is 1. The Morgan fingerprint density at radius 2 is 1.86 bits per heavy atom. The van der Waals surface area contributed by atoms with Crippen LogP contribution in [0.15, 0.2) is 53.4 Å². The van der Waals surface area contributed by atoms with E-state index in [1.807, 2.05) is 43.1 Å². The zero-order valence-corrected chi connectivity index (χ0v) is 18.4. The molecule has 0 spiro atoms. The minimum Gasteiger partial charge on any atom is -0.325 e. The normalized spacial score (nSPS) is 13.2. The maximum atomic E-state index is 12.5. The summed E-state index contributed by atoms with van der Waals surface area (Å²) in [6.07, 6.45) is 0. The number of rotatable bonds is 7. The second-order valence-corrected chi connectivity index (χ2v) is 10.2. The molecule has 154 valence electrons. The van der Waals surface area contributed by atoms with Crippen molar-refractivity contribution in [3.05, 3.63) is 53.5 Å². The lowest BCUT2D eigenvalue weighted by Gasteiger charge is -2.22. The van der Waals surface area contributed by atoms with E-state index in [2.05, 4.69) is 10.3 Å². The summed E-state index contributed by atoms with van der Waals surface area (Å²) in [6.45, 7) is 2.16. The third kappa shape index (κ3) is 4.81. The van der Waals surface area contributed by atoms with Crippen molar-refractivity contribution in [1.82, 2.24) is 14.2 Å². The number of nitrogens with one attached hydrogen (secondary N) is 1. The standard InChI is InChI=1S/C20H24N4O3S2/c1-14(20-22-17-10-5-6-11-18(17)28-20)24(4)13-19(25)21-15-8-7-9-16(12-15)29(26,27)23(2)3/h5-12,14H,13H2,1-4H3,(H,21,25)/t14-/m1/s1. The highest BCUT2D eigenvalue weighted by atomic mass is 32.2. The topological polar surface area (TPSA) is 82.6 Å². The second kappa shape index (κ2) is 8.58. The molecule has 1 heterocycles. The molecular weight excluding hydrogens is 408 g/mol. The van der Waals surface area contributed by atoms with Crippen LogP contribution in [-0.4, -0.2) is 56.2 Å². The van der Waals surface area contributed by atoms with Crippen molar-refractivity contribution in [2.45, 2.75) is 17.9 Å². The number of hydrogen-bond donors (Lipinski definition) is 1. The van der Waals surface area contributed by atoms with Crippen LogP contribution in [0.3, 0.4) is 0 Å². The summed E-state index contributed by atoms with van der Waals surface area (Å²) in [5.41, 5.74) is 1.40. The molecule has 0 radical (unpaired) electrons. The molecule has 0 bridgehead atoms. The highest BCUT2D eigenvalue weighted by Gasteiger charge is 2.20. The molecule has 29 heavy (non-hydrogen) atoms. The molecular formula is C20H24N4O3S2. The van der Waals surface area contributed by atoms with Gasteiger partial charge < -0.3 is 5.32 Å². The zero-order valence-electron chi connectivity index (χ0n) is 16.8. The van der Waals surface area contributed by atoms with Crippen LogP contribution >= 0.6 is 11.3 Å². The third-order valence-electron chi connectivity index (χ3n) is 4.62. The molecule has 1 N–H and O–H groups in total. The van der Waals surface area contributed by atoms with Gasteiger partial charge >= 0.3 is 0 Å². The first-order valence-electron chi connectivity index (χ1n) is 9.06. The molecule has 0 aliphatic carbocycles. The van der Waals surface area contributed by atoms with Crippen molar-refractivity contribution in [3.8, 4) is 0 Å². The number of hydrogen-bond acceptors (Lipinski definition) is 6. The molecule has 3 aromatic rings. The second-order valence-electron chi connectivity index (χ2n) is 6.97. The van der Waals surface area contributed by atoms with Crippen LogP contribution in [0.2, 0.25) is 0 Å². The van der Waals surface area contributed by atoms with Crippen LogP contribution in [0.4, 0.5) is 5.69 Å². The van der Waals surface area contributed by atoms with Gasteiger partial charge in [-0.25, -0.2) is 17.7 Å². The van der Waals surface area contributed by atoms with Crippen molar-refractivity contribution in [2.24, 2.45) is 0 Å². The average Bonchev–Trinajstić information content (AvgIpc) is 3.11. The van der Waals surface area contributed by atoms with E-state index in [9.17, 15) is 13.2 Å². The highest BCUT2D eigenvalue weighted by molar-refractivity contribution is 7.89. The van der Waals surface area contributed by atoms with E-state index in [-0.39, 0.29) is 23.4 Å². The summed E-state index contributed by atoms with van der Waals surface area (Å²) >= 11 is 1.62. The Morgan fingerprint density at radius 1 is 1.14 bits per heavy atom. The molecule has 0 fully saturated rings. The zero-order chi connectivity index (χ0) is 21.2. The number of thiazole rings is 1. The largest absolute Gasteiger partial charge is 0.325 e. The molecule has 3 rings (SSSR count). The maximum absolute atomic E-state index is 12.5. The van der Waals surface area contributed by atoms with Crippen LogP contribution in [0.1, 0.15) is 18.0 Å². The van der Waals surface area contributed by atoms with E-state index in [0.29, 0.717) is 5.69 Å². The molecule has 2 aromatic carbocycles. The summed E-state index contributed by atoms with van der Waals surface area (Å²) in [6, 6.07) is 14.2. The summed E-state index contributed by atoms with van der Waals surface area (Å²) in [5.74, 6) is -0.222. The lowest BCUT2D eigenvalue weighted by Crippen LogP contribution is -2.32. The Kier molecular flexibility index (Phi) is 6.33. The summed E-state index contributed by atoms with van der Waals surface area (Å²) in [7, 11) is 1.25. The monoisotopic (exact) mass is 432 g/mol. The van der Waals surface area contributed by atoms with E-state index in [4.69, 9.17) is 0 Å². The first kappa shape index (κ1) is 21.4. The number of amides is 1. The van der Waals surface area contributed by atoms with Crippen LogP contribution in [0.25, 0.3) is 10.2 Å². The first-order valence-corrected chi connectivity index (χ1v) is 11.3. The molecule has 1 amide bonds. The number of benzene rings is 2. The third-order valence-corrected chi connectivity index (χ3v) is 7.64. The van der Waals surface area contributed by atoms with Crippen LogP contribution in [-0.2, 0) is 14.8 Å². The van der Waals surface area contributed by atoms with Crippen LogP contribution < -0.4 is 5.32 Å². The Bertz CT molecular complexity index is 1090. The molecule has 9 heteroatoms. The van der Waals surface area contributed by atoms with E-state index in [1.54, 1.807) is 23.5 Å². The first-order chi connectivity index (χ1) is 13.7. The van der Waals surface area contributed by atoms with Gasteiger partial charge in [0.2, 0.25) is 15.9 Å². The van der Waals surface area contributed by atoms with E-state index in [1.165, 1.54) is 26.2 Å². The van der Waals surface area contributed by atoms with Gasteiger partial charge in [0.15, 0.2) is 0 Å². The van der Waals surface area contributed by atoms with Gasteiger partial charge in [-0.2, -0.15) is 0 Å². The lowest BCUT2D eigenvalue weighted by atomic mass is 10.3. The van der Waals surface area contributed by atoms with Crippen molar-refractivity contribution in [2.75, 3.05) is 33.0 Å². The van der Waals surface area contributed by atoms with Crippen LogP contribution in [0.5, 0.6) is 0 Å². The summed E-state index contributed by atoms with van der Waals surface area (Å²) in [5, 5.41) is 3.72. The van der Waals surface area contributed by atoms with Gasteiger partial charge in [0.1, 0.15) is 5.01 Å². The van der Waals surface area contributed by atoms with E-state index >= 15 is 0 Å². The molecule has 0 aliphatic heterocycles. The summed E-state index contributed by atoms with van der Waals surface area (Å²) in [4.78, 5) is 19.2. The number of fused-ring (bicyclic) bond motifs is 1. The Balaban J connectivity index is 1.67. The van der Waals surface area contributed by atoms with Crippen molar-refractivity contribution in [3.63, 3.8) is 0 Å². The Labute approximate surface area is 175 Å². The smallest absolute Gasteiger partial charge is 0.242 e.